The lowest BCUT2D eigenvalue weighted by Gasteiger charge is -2.48. The third kappa shape index (κ3) is 39.0. The van der Waals surface area contributed by atoms with Crippen molar-refractivity contribution in [3.8, 4) is 0 Å². The summed E-state index contributed by atoms with van der Waals surface area (Å²) in [5, 5.41) is 121. The highest BCUT2D eigenvalue weighted by atomic mass is 16.8. The molecule has 95 heavy (non-hydrogen) atoms. The number of unbranched alkanes of at least 4 members (excludes halogenated alkanes) is 45. The van der Waals surface area contributed by atoms with E-state index in [1.807, 2.05) is 0 Å². The molecule has 0 radical (unpaired) electrons. The summed E-state index contributed by atoms with van der Waals surface area (Å²) in [6.45, 7) is 1.85. The Morgan fingerprint density at radius 1 is 0.368 bits per heavy atom. The van der Waals surface area contributed by atoms with Gasteiger partial charge in [-0.2, -0.15) is 0 Å². The van der Waals surface area contributed by atoms with Gasteiger partial charge in [-0.25, -0.2) is 0 Å². The third-order valence-electron chi connectivity index (χ3n) is 20.1. The van der Waals surface area contributed by atoms with Crippen LogP contribution in [0.15, 0.2) is 12.2 Å². The number of allylic oxidation sites excluding steroid dienone is 2. The van der Waals surface area contributed by atoms with Crippen LogP contribution in [0.5, 0.6) is 0 Å². The number of hydrogen-bond acceptors (Lipinski definition) is 18. The lowest BCUT2D eigenvalue weighted by atomic mass is 9.96. The Morgan fingerprint density at radius 2 is 0.663 bits per heavy atom. The van der Waals surface area contributed by atoms with Gasteiger partial charge in [0.2, 0.25) is 5.91 Å². The lowest BCUT2D eigenvalue weighted by Crippen LogP contribution is -2.66. The van der Waals surface area contributed by atoms with Crippen LogP contribution in [-0.4, -0.2) is 193 Å². The van der Waals surface area contributed by atoms with Crippen LogP contribution < -0.4 is 5.32 Å². The van der Waals surface area contributed by atoms with Gasteiger partial charge in [0.05, 0.1) is 38.6 Å². The molecule has 0 aromatic carbocycles. The number of aliphatic hydroxyl groups excluding tert-OH is 11. The van der Waals surface area contributed by atoms with E-state index in [1.54, 1.807) is 0 Å². The van der Waals surface area contributed by atoms with Gasteiger partial charge in [0.1, 0.15) is 73.2 Å². The van der Waals surface area contributed by atoms with E-state index in [9.17, 15) is 61.0 Å². The lowest BCUT2D eigenvalue weighted by molar-refractivity contribution is -0.379. The second-order valence-electron chi connectivity index (χ2n) is 28.5. The highest BCUT2D eigenvalue weighted by Crippen LogP contribution is 2.33. The summed E-state index contributed by atoms with van der Waals surface area (Å²) in [4.78, 5) is 13.5. The molecule has 1 amide bonds. The standard InChI is InChI=1S/C76H145NO18/c1-3-5-7-9-11-13-15-17-19-21-23-24-25-26-27-28-29-30-31-32-33-34-36-37-39-41-43-45-47-49-51-53-60(81)59(77-64(82)54-52-50-48-46-44-42-40-38-35-22-20-18-16-14-12-10-8-6-4-2)58-90-74-70(88)67(85)72(62(56-79)92-74)95-76-71(89)68(86)73(63(57-80)93-76)94-75-69(87)66(84)65(83)61(55-78)91-75/h18,20,59-63,65-76,78-81,83-89H,3-17,19,21-58H2,1-2H3,(H,77,82)/b20-18-. The largest absolute Gasteiger partial charge is 0.394 e. The molecule has 3 saturated heterocycles. The molecule has 0 spiro atoms. The fourth-order valence-corrected chi connectivity index (χ4v) is 13.7. The van der Waals surface area contributed by atoms with Gasteiger partial charge in [-0.15, -0.1) is 0 Å². The quantitative estimate of drug-likeness (QED) is 0.0199. The molecule has 17 unspecified atom stereocenters. The Morgan fingerprint density at radius 3 is 1.02 bits per heavy atom. The molecule has 0 aromatic heterocycles. The van der Waals surface area contributed by atoms with Gasteiger partial charge < -0.3 is 89.9 Å². The SMILES string of the molecule is CCCCCCCC/C=C\CCCCCCCCCCCC(=O)NC(COC1OC(CO)C(OC2OC(CO)C(OC3OC(CO)C(O)C(O)C3O)C(O)C2O)C(O)C1O)C(O)CCCCCCCCCCCCCCCCCCCCCCCCCCCCCCCCC. The summed E-state index contributed by atoms with van der Waals surface area (Å²) in [5.74, 6) is -0.239. The first-order valence-electron chi connectivity index (χ1n) is 39.4. The first-order chi connectivity index (χ1) is 46.3. The van der Waals surface area contributed by atoms with Crippen LogP contribution in [0.4, 0.5) is 0 Å². The molecule has 0 saturated carbocycles. The molecule has 19 heteroatoms. The van der Waals surface area contributed by atoms with E-state index in [1.165, 1.54) is 250 Å². The van der Waals surface area contributed by atoms with E-state index in [2.05, 4.69) is 31.3 Å². The minimum Gasteiger partial charge on any atom is -0.394 e. The monoisotopic (exact) mass is 1360 g/mol. The van der Waals surface area contributed by atoms with Gasteiger partial charge in [0.25, 0.3) is 0 Å². The van der Waals surface area contributed by atoms with Crippen molar-refractivity contribution in [1.29, 1.82) is 0 Å². The van der Waals surface area contributed by atoms with Gasteiger partial charge in [-0.05, 0) is 38.5 Å². The van der Waals surface area contributed by atoms with E-state index < -0.39 is 124 Å². The normalized spacial score (nSPS) is 27.2. The summed E-state index contributed by atoms with van der Waals surface area (Å²) in [6.07, 6.45) is 40.2. The number of aliphatic hydroxyl groups is 11. The van der Waals surface area contributed by atoms with E-state index in [-0.39, 0.29) is 18.9 Å². The fourth-order valence-electron chi connectivity index (χ4n) is 13.7. The predicted octanol–water partition coefficient (Wildman–Crippen LogP) is 12.4. The summed E-state index contributed by atoms with van der Waals surface area (Å²) in [6, 6.07) is -0.887. The second kappa shape index (κ2) is 58.1. The highest BCUT2D eigenvalue weighted by Gasteiger charge is 2.54. The maximum absolute atomic E-state index is 13.5. The molecular weight excluding hydrogens is 1210 g/mol. The zero-order valence-electron chi connectivity index (χ0n) is 59.9. The zero-order valence-corrected chi connectivity index (χ0v) is 59.9. The maximum Gasteiger partial charge on any atom is 0.220 e. The van der Waals surface area contributed by atoms with Crippen molar-refractivity contribution in [2.24, 2.45) is 0 Å². The van der Waals surface area contributed by atoms with Gasteiger partial charge in [-0.1, -0.05) is 302 Å². The second-order valence-corrected chi connectivity index (χ2v) is 28.5. The molecule has 0 bridgehead atoms. The molecule has 562 valence electrons. The molecule has 17 atom stereocenters. The first kappa shape index (κ1) is 87.7. The predicted molar refractivity (Wildman–Crippen MR) is 374 cm³/mol. The fraction of sp³-hybridized carbons (Fsp3) is 0.961. The van der Waals surface area contributed by atoms with Crippen molar-refractivity contribution in [3.63, 3.8) is 0 Å². The molecule has 3 fully saturated rings. The van der Waals surface area contributed by atoms with Crippen LogP contribution in [0.25, 0.3) is 0 Å². The molecule has 3 rings (SSSR count). The Labute approximate surface area is 576 Å². The zero-order chi connectivity index (χ0) is 68.9. The minimum absolute atomic E-state index is 0.239. The van der Waals surface area contributed by atoms with Crippen LogP contribution in [-0.2, 0) is 33.2 Å². The summed E-state index contributed by atoms with van der Waals surface area (Å²) in [5.41, 5.74) is 0. The van der Waals surface area contributed by atoms with Gasteiger partial charge in [0, 0.05) is 6.42 Å². The molecule has 12 N–H and O–H groups in total. The van der Waals surface area contributed by atoms with Crippen molar-refractivity contribution >= 4 is 5.91 Å². The molecule has 0 aliphatic carbocycles. The number of ether oxygens (including phenoxy) is 6. The van der Waals surface area contributed by atoms with Gasteiger partial charge >= 0.3 is 0 Å². The van der Waals surface area contributed by atoms with E-state index in [0.717, 1.165) is 51.4 Å². The average molecular weight is 1360 g/mol. The summed E-state index contributed by atoms with van der Waals surface area (Å²) >= 11 is 0. The summed E-state index contributed by atoms with van der Waals surface area (Å²) in [7, 11) is 0. The Balaban J connectivity index is 1.36. The Bertz CT molecular complexity index is 1770. The van der Waals surface area contributed by atoms with Crippen LogP contribution in [0, 0.1) is 0 Å². The number of amides is 1. The Kier molecular flexibility index (Phi) is 53.6. The van der Waals surface area contributed by atoms with Crippen molar-refractivity contribution in [1.82, 2.24) is 5.32 Å². The van der Waals surface area contributed by atoms with E-state index in [4.69, 9.17) is 28.4 Å². The maximum atomic E-state index is 13.5. The number of nitrogens with one attached hydrogen (secondary N) is 1. The van der Waals surface area contributed by atoms with Gasteiger partial charge in [-0.3, -0.25) is 4.79 Å². The third-order valence-corrected chi connectivity index (χ3v) is 20.1. The van der Waals surface area contributed by atoms with E-state index in [0.29, 0.717) is 12.8 Å². The number of carbonyl (C=O) groups excluding carboxylic acids is 1. The smallest absolute Gasteiger partial charge is 0.220 e. The van der Waals surface area contributed by atoms with Crippen LogP contribution in [0.3, 0.4) is 0 Å². The van der Waals surface area contributed by atoms with Crippen molar-refractivity contribution < 1.29 is 89.4 Å². The van der Waals surface area contributed by atoms with Crippen LogP contribution in [0.1, 0.15) is 335 Å². The van der Waals surface area contributed by atoms with Crippen molar-refractivity contribution in [3.05, 3.63) is 12.2 Å². The molecule has 19 nitrogen and oxygen atoms in total. The molecule has 3 aliphatic heterocycles. The molecule has 3 aliphatic rings. The van der Waals surface area contributed by atoms with Crippen molar-refractivity contribution in [2.75, 3.05) is 26.4 Å². The molecular formula is C76H145NO18. The van der Waals surface area contributed by atoms with Crippen LogP contribution in [0.2, 0.25) is 0 Å². The topological polar surface area (TPSA) is 307 Å². The van der Waals surface area contributed by atoms with E-state index >= 15 is 0 Å². The first-order valence-corrected chi connectivity index (χ1v) is 39.4. The molecule has 0 aromatic rings. The minimum atomic E-state index is -1.97. The average Bonchev–Trinajstić information content (AvgIpc) is 0.787. The number of carbonyl (C=O) groups is 1. The number of hydrogen-bond donors (Lipinski definition) is 12. The molecule has 3 heterocycles. The van der Waals surface area contributed by atoms with Crippen molar-refractivity contribution in [2.45, 2.75) is 439 Å². The van der Waals surface area contributed by atoms with Crippen LogP contribution >= 0.6 is 0 Å². The summed E-state index contributed by atoms with van der Waals surface area (Å²) < 4.78 is 34.5. The Hall–Kier alpha value is -1.47. The number of rotatable bonds is 63. The van der Waals surface area contributed by atoms with Gasteiger partial charge in [0.15, 0.2) is 18.9 Å². The highest BCUT2D eigenvalue weighted by molar-refractivity contribution is 5.76.